The first-order chi connectivity index (χ1) is 8.85. The van der Waals surface area contributed by atoms with Gasteiger partial charge in [-0.1, -0.05) is 0 Å². The molecule has 0 saturated carbocycles. The molecule has 0 atom stereocenters. The summed E-state index contributed by atoms with van der Waals surface area (Å²) in [6, 6.07) is 0. The van der Waals surface area contributed by atoms with Crippen molar-refractivity contribution in [1.82, 2.24) is 0 Å². The van der Waals surface area contributed by atoms with Crippen LogP contribution in [-0.4, -0.2) is 46.2 Å². The summed E-state index contributed by atoms with van der Waals surface area (Å²) in [5.41, 5.74) is 0. The fourth-order valence-electron chi connectivity index (χ4n) is 0.840. The van der Waals surface area contributed by atoms with Crippen molar-refractivity contribution in [3.63, 3.8) is 0 Å². The molecular weight excluding hydrogens is 276 g/mol. The topological polar surface area (TPSA) is 58.5 Å². The molecule has 0 saturated heterocycles. The minimum absolute atomic E-state index is 0.472. The molecule has 0 bridgehead atoms. The van der Waals surface area contributed by atoms with Crippen LogP contribution in [0, 0.1) is 0 Å². The predicted octanol–water partition coefficient (Wildman–Crippen LogP) is 3.40. The van der Waals surface area contributed by atoms with Crippen molar-refractivity contribution >= 4 is 17.1 Å². The van der Waals surface area contributed by atoms with Crippen LogP contribution in [0.3, 0.4) is 0 Å². The lowest BCUT2D eigenvalue weighted by Gasteiger charge is -2.11. The lowest BCUT2D eigenvalue weighted by molar-refractivity contribution is 0.0919. The minimum atomic E-state index is -1.28. The summed E-state index contributed by atoms with van der Waals surface area (Å²) in [4.78, 5) is 0. The van der Waals surface area contributed by atoms with E-state index in [1.165, 1.54) is 0 Å². The molecule has 0 heterocycles. The molecule has 0 aliphatic rings. The highest BCUT2D eigenvalue weighted by molar-refractivity contribution is 7.50. The highest BCUT2D eigenvalue weighted by atomic mass is 31.2. The van der Waals surface area contributed by atoms with Gasteiger partial charge in [-0.15, -0.1) is 0 Å². The molecule has 6 nitrogen and oxygen atoms in total. The second kappa shape index (κ2) is 15.4. The van der Waals surface area contributed by atoms with Crippen molar-refractivity contribution in [2.75, 3.05) is 46.2 Å². The molecule has 0 unspecified atom stereocenters. The molecule has 0 fully saturated rings. The molecule has 0 spiro atoms. The Morgan fingerprint density at radius 3 is 1.83 bits per heavy atom. The van der Waals surface area contributed by atoms with Crippen LogP contribution in [-0.2, 0) is 23.0 Å². The van der Waals surface area contributed by atoms with Crippen LogP contribution in [0.15, 0.2) is 4.52 Å². The van der Waals surface area contributed by atoms with Gasteiger partial charge in [-0.05, 0) is 20.8 Å². The van der Waals surface area contributed by atoms with Crippen molar-refractivity contribution < 1.29 is 23.0 Å². The Hall–Kier alpha value is 0.330. The molecule has 0 aliphatic heterocycles. The van der Waals surface area contributed by atoms with Crippen LogP contribution < -0.4 is 0 Å². The van der Waals surface area contributed by atoms with Crippen molar-refractivity contribution in [2.24, 2.45) is 4.52 Å². The van der Waals surface area contributed by atoms with Crippen molar-refractivity contribution in [1.29, 1.82) is 0 Å². The van der Waals surface area contributed by atoms with E-state index in [0.29, 0.717) is 54.8 Å². The average Bonchev–Trinajstić information content (AvgIpc) is 2.39. The molecule has 8 heteroatoms. The standard InChI is InChI=1S/C10H23NO5P2/c1-4-12-7-9-15-18(11-17-14-6-3)16-10-8-13-5-2/h4-10H2,1-3H3. The molecule has 0 aliphatic carbocycles. The summed E-state index contributed by atoms with van der Waals surface area (Å²) in [5, 5.41) is 0. The molecule has 0 aromatic carbocycles. The van der Waals surface area contributed by atoms with E-state index in [-0.39, 0.29) is 0 Å². The van der Waals surface area contributed by atoms with E-state index < -0.39 is 8.53 Å². The Labute approximate surface area is 112 Å². The number of hydrogen-bond donors (Lipinski definition) is 0. The Bertz CT molecular complexity index is 185. The molecule has 0 amide bonds. The van der Waals surface area contributed by atoms with Gasteiger partial charge in [0.15, 0.2) is 8.60 Å². The normalized spacial score (nSPS) is 11.8. The molecule has 0 aromatic rings. The molecule has 0 aromatic heterocycles. The minimum Gasteiger partial charge on any atom is -0.379 e. The largest absolute Gasteiger partial charge is 0.379 e. The maximum Gasteiger partial charge on any atom is 0.316 e. The second-order valence-corrected chi connectivity index (χ2v) is 5.02. The van der Waals surface area contributed by atoms with E-state index in [4.69, 9.17) is 23.0 Å². The van der Waals surface area contributed by atoms with Crippen LogP contribution in [0.5, 0.6) is 0 Å². The predicted molar refractivity (Wildman–Crippen MR) is 72.8 cm³/mol. The highest BCUT2D eigenvalue weighted by Gasteiger charge is 2.09. The first-order valence-corrected chi connectivity index (χ1v) is 7.99. The fourth-order valence-corrected chi connectivity index (χ4v) is 2.35. The average molecular weight is 299 g/mol. The number of rotatable bonds is 13. The van der Waals surface area contributed by atoms with Crippen LogP contribution in [0.4, 0.5) is 0 Å². The summed E-state index contributed by atoms with van der Waals surface area (Å²) >= 11 is 0. The van der Waals surface area contributed by atoms with Gasteiger partial charge < -0.3 is 23.0 Å². The third-order valence-corrected chi connectivity index (χ3v) is 3.62. The monoisotopic (exact) mass is 299 g/mol. The van der Waals surface area contributed by atoms with E-state index in [9.17, 15) is 0 Å². The van der Waals surface area contributed by atoms with Crippen LogP contribution in [0.1, 0.15) is 20.8 Å². The smallest absolute Gasteiger partial charge is 0.316 e. The van der Waals surface area contributed by atoms with Crippen LogP contribution in [0.25, 0.3) is 0 Å². The SMILES string of the molecule is CCOCCOP(N=POCC)OCCOCC. The van der Waals surface area contributed by atoms with Gasteiger partial charge in [0.1, 0.15) is 0 Å². The molecular formula is C10H23NO5P2. The van der Waals surface area contributed by atoms with Gasteiger partial charge in [-0.2, -0.15) is 4.52 Å². The van der Waals surface area contributed by atoms with Gasteiger partial charge >= 0.3 is 8.53 Å². The van der Waals surface area contributed by atoms with E-state index in [0.717, 1.165) is 0 Å². The summed E-state index contributed by atoms with van der Waals surface area (Å²) in [5.74, 6) is 0. The summed E-state index contributed by atoms with van der Waals surface area (Å²) in [6.45, 7) is 9.82. The van der Waals surface area contributed by atoms with E-state index >= 15 is 0 Å². The van der Waals surface area contributed by atoms with E-state index in [1.807, 2.05) is 20.8 Å². The Morgan fingerprint density at radius 2 is 1.39 bits per heavy atom. The maximum atomic E-state index is 5.48. The van der Waals surface area contributed by atoms with Crippen LogP contribution >= 0.6 is 17.1 Å². The first-order valence-electron chi connectivity index (χ1n) is 6.09. The number of hydrogen-bond acceptors (Lipinski definition) is 6. The quantitative estimate of drug-likeness (QED) is 0.385. The molecule has 0 radical (unpaired) electrons. The Kier molecular flexibility index (Phi) is 15.7. The third kappa shape index (κ3) is 12.8. The maximum absolute atomic E-state index is 5.48. The van der Waals surface area contributed by atoms with Crippen molar-refractivity contribution in [3.8, 4) is 0 Å². The summed E-state index contributed by atoms with van der Waals surface area (Å²) in [7, 11) is -0.743. The Morgan fingerprint density at radius 1 is 0.833 bits per heavy atom. The fraction of sp³-hybridized carbons (Fsp3) is 1.00. The zero-order chi connectivity index (χ0) is 13.5. The summed E-state index contributed by atoms with van der Waals surface area (Å²) < 4.78 is 30.6. The molecule has 0 rings (SSSR count). The van der Waals surface area contributed by atoms with Gasteiger partial charge in [0, 0.05) is 13.2 Å². The van der Waals surface area contributed by atoms with Gasteiger partial charge in [0.25, 0.3) is 0 Å². The number of nitrogens with zero attached hydrogens (tertiary/aromatic N) is 1. The lowest BCUT2D eigenvalue weighted by Crippen LogP contribution is -2.04. The van der Waals surface area contributed by atoms with Gasteiger partial charge in [0.05, 0.1) is 33.0 Å². The second-order valence-electron chi connectivity index (χ2n) is 2.89. The van der Waals surface area contributed by atoms with Gasteiger partial charge in [-0.3, -0.25) is 0 Å². The van der Waals surface area contributed by atoms with Gasteiger partial charge in [-0.25, -0.2) is 0 Å². The van der Waals surface area contributed by atoms with Crippen molar-refractivity contribution in [2.45, 2.75) is 20.8 Å². The van der Waals surface area contributed by atoms with Crippen LogP contribution in [0.2, 0.25) is 0 Å². The highest BCUT2D eigenvalue weighted by Crippen LogP contribution is 2.42. The van der Waals surface area contributed by atoms with Crippen molar-refractivity contribution in [3.05, 3.63) is 0 Å². The first kappa shape index (κ1) is 18.3. The van der Waals surface area contributed by atoms with Gasteiger partial charge in [0.2, 0.25) is 0 Å². The number of ether oxygens (including phenoxy) is 2. The zero-order valence-corrected chi connectivity index (χ0v) is 13.1. The zero-order valence-electron chi connectivity index (χ0n) is 11.3. The molecule has 0 N–H and O–H groups in total. The molecule has 108 valence electrons. The lowest BCUT2D eigenvalue weighted by atomic mass is 10.8. The van der Waals surface area contributed by atoms with E-state index in [1.54, 1.807) is 0 Å². The third-order valence-electron chi connectivity index (χ3n) is 1.56. The summed E-state index contributed by atoms with van der Waals surface area (Å²) in [6.07, 6.45) is 0. The molecule has 18 heavy (non-hydrogen) atoms. The Balaban J connectivity index is 3.76. The van der Waals surface area contributed by atoms with E-state index in [2.05, 4.69) is 4.52 Å².